The van der Waals surface area contributed by atoms with Crippen molar-refractivity contribution in [3.05, 3.63) is 30.1 Å². The SMILES string of the molecule is CC(=O)N(C1CC1)C(C(=O)O)c1cccnc1. The molecule has 1 saturated carbocycles. The highest BCUT2D eigenvalue weighted by molar-refractivity contribution is 5.83. The summed E-state index contributed by atoms with van der Waals surface area (Å²) in [6.45, 7) is 1.41. The smallest absolute Gasteiger partial charge is 0.331 e. The lowest BCUT2D eigenvalue weighted by Gasteiger charge is -2.27. The molecule has 1 unspecified atom stereocenters. The van der Waals surface area contributed by atoms with Gasteiger partial charge in [-0.1, -0.05) is 6.07 Å². The highest BCUT2D eigenvalue weighted by atomic mass is 16.4. The van der Waals surface area contributed by atoms with E-state index in [2.05, 4.69) is 4.98 Å². The fraction of sp³-hybridized carbons (Fsp3) is 0.417. The van der Waals surface area contributed by atoms with Gasteiger partial charge in [-0.15, -0.1) is 0 Å². The maximum atomic E-state index is 11.6. The van der Waals surface area contributed by atoms with Crippen LogP contribution in [0, 0.1) is 0 Å². The van der Waals surface area contributed by atoms with Crippen molar-refractivity contribution in [1.29, 1.82) is 0 Å². The highest BCUT2D eigenvalue weighted by Crippen LogP contribution is 2.34. The van der Waals surface area contributed by atoms with E-state index in [0.717, 1.165) is 12.8 Å². The van der Waals surface area contributed by atoms with E-state index in [1.807, 2.05) is 0 Å². The van der Waals surface area contributed by atoms with E-state index in [4.69, 9.17) is 0 Å². The summed E-state index contributed by atoms with van der Waals surface area (Å²) >= 11 is 0. The summed E-state index contributed by atoms with van der Waals surface area (Å²) in [7, 11) is 0. The maximum absolute atomic E-state index is 11.6. The molecule has 2 rings (SSSR count). The molecular formula is C12H14N2O3. The first-order valence-electron chi connectivity index (χ1n) is 5.53. The molecular weight excluding hydrogens is 220 g/mol. The molecule has 1 aromatic rings. The van der Waals surface area contributed by atoms with Gasteiger partial charge in [-0.05, 0) is 18.9 Å². The molecule has 0 radical (unpaired) electrons. The van der Waals surface area contributed by atoms with Crippen LogP contribution in [0.4, 0.5) is 0 Å². The second kappa shape index (κ2) is 4.53. The van der Waals surface area contributed by atoms with Gasteiger partial charge >= 0.3 is 5.97 Å². The van der Waals surface area contributed by atoms with Crippen LogP contribution >= 0.6 is 0 Å². The molecule has 0 spiro atoms. The molecule has 1 amide bonds. The zero-order valence-electron chi connectivity index (χ0n) is 9.54. The van der Waals surface area contributed by atoms with Crippen LogP contribution in [0.2, 0.25) is 0 Å². The Morgan fingerprint density at radius 1 is 1.53 bits per heavy atom. The first-order valence-corrected chi connectivity index (χ1v) is 5.53. The molecule has 1 heterocycles. The molecule has 1 fully saturated rings. The van der Waals surface area contributed by atoms with Crippen LogP contribution < -0.4 is 0 Å². The Morgan fingerprint density at radius 2 is 2.24 bits per heavy atom. The summed E-state index contributed by atoms with van der Waals surface area (Å²) < 4.78 is 0. The third kappa shape index (κ3) is 2.43. The molecule has 1 aliphatic rings. The quantitative estimate of drug-likeness (QED) is 0.850. The number of aromatic nitrogens is 1. The standard InChI is InChI=1S/C12H14N2O3/c1-8(15)14(10-4-5-10)11(12(16)17)9-3-2-6-13-7-9/h2-3,6-7,10-11H,4-5H2,1H3,(H,16,17). The molecule has 0 aromatic carbocycles. The van der Waals surface area contributed by atoms with E-state index in [1.54, 1.807) is 18.3 Å². The largest absolute Gasteiger partial charge is 0.479 e. The third-order valence-electron chi connectivity index (χ3n) is 2.82. The number of carbonyl (C=O) groups excluding carboxylic acids is 1. The molecule has 5 heteroatoms. The minimum Gasteiger partial charge on any atom is -0.479 e. The van der Waals surface area contributed by atoms with Crippen LogP contribution in [0.3, 0.4) is 0 Å². The number of hydrogen-bond acceptors (Lipinski definition) is 3. The van der Waals surface area contributed by atoms with E-state index in [1.165, 1.54) is 18.0 Å². The summed E-state index contributed by atoms with van der Waals surface area (Å²) in [6.07, 6.45) is 4.84. The van der Waals surface area contributed by atoms with Crippen molar-refractivity contribution < 1.29 is 14.7 Å². The Bertz CT molecular complexity index is 429. The number of nitrogens with zero attached hydrogens (tertiary/aromatic N) is 2. The molecule has 1 N–H and O–H groups in total. The molecule has 0 aliphatic heterocycles. The Kier molecular flexibility index (Phi) is 3.08. The van der Waals surface area contributed by atoms with Crippen molar-refractivity contribution in [2.75, 3.05) is 0 Å². The van der Waals surface area contributed by atoms with Crippen LogP contribution in [0.5, 0.6) is 0 Å². The van der Waals surface area contributed by atoms with Crippen LogP contribution in [-0.2, 0) is 9.59 Å². The van der Waals surface area contributed by atoms with E-state index in [9.17, 15) is 14.7 Å². The van der Waals surface area contributed by atoms with Gasteiger partial charge < -0.3 is 10.0 Å². The van der Waals surface area contributed by atoms with Gasteiger partial charge in [-0.3, -0.25) is 9.78 Å². The number of aliphatic carboxylic acids is 1. The summed E-state index contributed by atoms with van der Waals surface area (Å²) in [4.78, 5) is 28.3. The van der Waals surface area contributed by atoms with Crippen molar-refractivity contribution >= 4 is 11.9 Å². The van der Waals surface area contributed by atoms with Gasteiger partial charge in [0.25, 0.3) is 0 Å². The van der Waals surface area contributed by atoms with Crippen molar-refractivity contribution in [2.45, 2.75) is 31.8 Å². The Morgan fingerprint density at radius 3 is 2.65 bits per heavy atom. The molecule has 17 heavy (non-hydrogen) atoms. The number of rotatable bonds is 4. The van der Waals surface area contributed by atoms with Gasteiger partial charge in [0.05, 0.1) is 0 Å². The van der Waals surface area contributed by atoms with Gasteiger partial charge in [0.1, 0.15) is 0 Å². The fourth-order valence-corrected chi connectivity index (χ4v) is 1.96. The summed E-state index contributed by atoms with van der Waals surface area (Å²) in [5.74, 6) is -1.22. The average molecular weight is 234 g/mol. The summed E-state index contributed by atoms with van der Waals surface area (Å²) in [6, 6.07) is 2.50. The van der Waals surface area contributed by atoms with Crippen LogP contribution in [0.1, 0.15) is 31.4 Å². The first-order chi connectivity index (χ1) is 8.11. The summed E-state index contributed by atoms with van der Waals surface area (Å²) in [5, 5.41) is 9.30. The molecule has 1 aromatic heterocycles. The van der Waals surface area contributed by atoms with Gasteiger partial charge in [-0.25, -0.2) is 4.79 Å². The van der Waals surface area contributed by atoms with E-state index in [0.29, 0.717) is 5.56 Å². The molecule has 90 valence electrons. The number of hydrogen-bond donors (Lipinski definition) is 1. The zero-order valence-corrected chi connectivity index (χ0v) is 9.54. The zero-order chi connectivity index (χ0) is 12.4. The van der Waals surface area contributed by atoms with Crippen LogP contribution in [-0.4, -0.2) is 32.9 Å². The topological polar surface area (TPSA) is 70.5 Å². The maximum Gasteiger partial charge on any atom is 0.331 e. The number of carbonyl (C=O) groups is 2. The third-order valence-corrected chi connectivity index (χ3v) is 2.82. The minimum absolute atomic E-state index is 0.0637. The number of pyridine rings is 1. The second-order valence-electron chi connectivity index (χ2n) is 4.18. The van der Waals surface area contributed by atoms with Gasteiger partial charge in [0, 0.05) is 30.9 Å². The van der Waals surface area contributed by atoms with Crippen LogP contribution in [0.15, 0.2) is 24.5 Å². The molecule has 0 saturated heterocycles. The van der Waals surface area contributed by atoms with Crippen molar-refractivity contribution in [1.82, 2.24) is 9.88 Å². The van der Waals surface area contributed by atoms with E-state index < -0.39 is 12.0 Å². The monoisotopic (exact) mass is 234 g/mol. The highest BCUT2D eigenvalue weighted by Gasteiger charge is 2.39. The van der Waals surface area contributed by atoms with Crippen molar-refractivity contribution in [3.63, 3.8) is 0 Å². The number of amides is 1. The number of carboxylic acid groups (broad SMARTS) is 1. The van der Waals surface area contributed by atoms with Gasteiger partial charge in [0.15, 0.2) is 6.04 Å². The first kappa shape index (κ1) is 11.6. The van der Waals surface area contributed by atoms with Crippen LogP contribution in [0.25, 0.3) is 0 Å². The normalized spacial score (nSPS) is 16.3. The van der Waals surface area contributed by atoms with E-state index in [-0.39, 0.29) is 11.9 Å². The lowest BCUT2D eigenvalue weighted by atomic mass is 10.1. The lowest BCUT2D eigenvalue weighted by molar-refractivity contribution is -0.150. The van der Waals surface area contributed by atoms with E-state index >= 15 is 0 Å². The van der Waals surface area contributed by atoms with Gasteiger partial charge in [-0.2, -0.15) is 0 Å². The number of carboxylic acids is 1. The molecule has 1 atom stereocenters. The van der Waals surface area contributed by atoms with Gasteiger partial charge in [0.2, 0.25) is 5.91 Å². The Balaban J connectivity index is 2.34. The van der Waals surface area contributed by atoms with Crippen molar-refractivity contribution in [3.8, 4) is 0 Å². The summed E-state index contributed by atoms with van der Waals surface area (Å²) in [5.41, 5.74) is 0.544. The minimum atomic E-state index is -1.01. The molecule has 0 bridgehead atoms. The Hall–Kier alpha value is -1.91. The predicted octanol–water partition coefficient (Wildman–Crippen LogP) is 1.22. The van der Waals surface area contributed by atoms with Crippen molar-refractivity contribution in [2.24, 2.45) is 0 Å². The Labute approximate surface area is 99.1 Å². The second-order valence-corrected chi connectivity index (χ2v) is 4.18. The molecule has 5 nitrogen and oxygen atoms in total. The predicted molar refractivity (Wildman–Crippen MR) is 60.2 cm³/mol. The molecule has 1 aliphatic carbocycles. The average Bonchev–Trinajstić information content (AvgIpc) is 3.09. The fourth-order valence-electron chi connectivity index (χ4n) is 1.96. The lowest BCUT2D eigenvalue weighted by Crippen LogP contribution is -2.39.